The van der Waals surface area contributed by atoms with Crippen molar-refractivity contribution in [2.45, 2.75) is 37.8 Å². The van der Waals surface area contributed by atoms with Crippen LogP contribution in [0.2, 0.25) is 0 Å². The van der Waals surface area contributed by atoms with Gasteiger partial charge in [-0.2, -0.15) is 0 Å². The number of nitrogens with zero attached hydrogens (tertiary/aromatic N) is 2. The summed E-state index contributed by atoms with van der Waals surface area (Å²) in [7, 11) is 0. The number of halogens is 1. The Kier molecular flexibility index (Phi) is 4.32. The molecule has 0 spiro atoms. The predicted molar refractivity (Wildman–Crippen MR) is 106 cm³/mol. The van der Waals surface area contributed by atoms with E-state index in [0.717, 1.165) is 33.8 Å². The van der Waals surface area contributed by atoms with Crippen molar-refractivity contribution >= 4 is 29.3 Å². The van der Waals surface area contributed by atoms with Crippen LogP contribution in [0.1, 0.15) is 31.2 Å². The van der Waals surface area contributed by atoms with E-state index >= 15 is 0 Å². The summed E-state index contributed by atoms with van der Waals surface area (Å²) in [5, 5.41) is 13.3. The maximum Gasteiger partial charge on any atom is 0.138 e. The number of rotatable bonds is 2. The minimum Gasteiger partial charge on any atom is -0.508 e. The van der Waals surface area contributed by atoms with E-state index in [1.807, 2.05) is 18.2 Å². The van der Waals surface area contributed by atoms with Crippen molar-refractivity contribution in [1.82, 2.24) is 15.3 Å². The van der Waals surface area contributed by atoms with Gasteiger partial charge < -0.3 is 15.4 Å². The number of phenols is 1. The number of H-pyrrole nitrogens is 1. The van der Waals surface area contributed by atoms with Crippen LogP contribution in [0.4, 0.5) is 0 Å². The number of aromatic hydroxyl groups is 1. The molecule has 0 amide bonds. The topological polar surface area (TPSA) is 73.3 Å². The minimum atomic E-state index is 0. The molecule has 5 rings (SSSR count). The Bertz CT molecular complexity index is 981. The largest absolute Gasteiger partial charge is 0.508 e. The van der Waals surface area contributed by atoms with Gasteiger partial charge in [-0.05, 0) is 43.2 Å². The van der Waals surface area contributed by atoms with Gasteiger partial charge in [0, 0.05) is 17.2 Å². The lowest BCUT2D eigenvalue weighted by molar-refractivity contribution is 0.385. The third kappa shape index (κ3) is 2.92. The molecular formula is C20H21ClN4O. The molecule has 1 aromatic heterocycles. The fourth-order valence-corrected chi connectivity index (χ4v) is 3.92. The predicted octanol–water partition coefficient (Wildman–Crippen LogP) is 4.02. The van der Waals surface area contributed by atoms with E-state index in [0.29, 0.717) is 12.1 Å². The molecule has 3 aromatic rings. The highest BCUT2D eigenvalue weighted by atomic mass is 35.5. The van der Waals surface area contributed by atoms with Gasteiger partial charge in [-0.15, -0.1) is 12.4 Å². The molecule has 5 nitrogen and oxygen atoms in total. The van der Waals surface area contributed by atoms with Crippen LogP contribution in [0, 0.1) is 0 Å². The summed E-state index contributed by atoms with van der Waals surface area (Å²) in [6, 6.07) is 14.3. The highest BCUT2D eigenvalue weighted by molar-refractivity contribution is 6.02. The number of hydrogen-bond donors (Lipinski definition) is 3. The van der Waals surface area contributed by atoms with Gasteiger partial charge >= 0.3 is 0 Å². The number of fused-ring (bicyclic) bond motifs is 2. The second-order valence-electron chi connectivity index (χ2n) is 6.95. The first kappa shape index (κ1) is 16.9. The van der Waals surface area contributed by atoms with E-state index < -0.39 is 0 Å². The number of aliphatic imine (C=N–C) groups is 1. The molecule has 0 bridgehead atoms. The van der Waals surface area contributed by atoms with Gasteiger partial charge in [-0.1, -0.05) is 25.0 Å². The molecular weight excluding hydrogens is 348 g/mol. The molecule has 0 radical (unpaired) electrons. The zero-order valence-electron chi connectivity index (χ0n) is 14.3. The Labute approximate surface area is 158 Å². The normalized spacial score (nSPS) is 21.6. The Balaban J connectivity index is 0.00000168. The third-order valence-electron chi connectivity index (χ3n) is 5.22. The summed E-state index contributed by atoms with van der Waals surface area (Å²) in [5.41, 5.74) is 3.88. The van der Waals surface area contributed by atoms with Crippen molar-refractivity contribution in [3.05, 3.63) is 48.0 Å². The number of amidine groups is 1. The molecule has 1 saturated carbocycles. The fourth-order valence-electron chi connectivity index (χ4n) is 3.92. The van der Waals surface area contributed by atoms with Crippen LogP contribution < -0.4 is 5.32 Å². The number of benzene rings is 2. The third-order valence-corrected chi connectivity index (χ3v) is 5.22. The molecule has 1 fully saturated rings. The lowest BCUT2D eigenvalue weighted by Crippen LogP contribution is -2.36. The first-order valence-electron chi connectivity index (χ1n) is 8.90. The Hall–Kier alpha value is -2.53. The maximum atomic E-state index is 9.67. The van der Waals surface area contributed by atoms with Crippen LogP contribution in [-0.2, 0) is 0 Å². The summed E-state index contributed by atoms with van der Waals surface area (Å²) < 4.78 is 0. The SMILES string of the molecule is Cl.Oc1cccc(-c2nc3ccc(C4=N[C@H]5CCCC[C@H]5N4)cc3[nH]2)c1. The summed E-state index contributed by atoms with van der Waals surface area (Å²) in [6.07, 6.45) is 4.98. The van der Waals surface area contributed by atoms with Crippen LogP contribution >= 0.6 is 12.4 Å². The molecule has 134 valence electrons. The molecule has 0 saturated heterocycles. The standard InChI is InChI=1S/C20H20N4O.ClH/c25-14-5-3-4-12(10-14)19-23-17-9-8-13(11-18(17)24-19)20-21-15-6-1-2-7-16(15)22-20;/h3-5,8-11,15-16,25H,1-2,6-7H2,(H,21,22)(H,23,24);1H/t15-,16+;. The van der Waals surface area contributed by atoms with Gasteiger partial charge in [0.15, 0.2) is 0 Å². The van der Waals surface area contributed by atoms with E-state index in [9.17, 15) is 5.11 Å². The van der Waals surface area contributed by atoms with Crippen LogP contribution in [0.3, 0.4) is 0 Å². The van der Waals surface area contributed by atoms with Crippen LogP contribution in [0.5, 0.6) is 5.75 Å². The van der Waals surface area contributed by atoms with Gasteiger partial charge in [0.25, 0.3) is 0 Å². The van der Waals surface area contributed by atoms with Crippen molar-refractivity contribution < 1.29 is 5.11 Å². The number of imidazole rings is 1. The van der Waals surface area contributed by atoms with Crippen molar-refractivity contribution in [1.29, 1.82) is 0 Å². The van der Waals surface area contributed by atoms with E-state index in [1.165, 1.54) is 25.7 Å². The molecule has 2 aromatic carbocycles. The van der Waals surface area contributed by atoms with Gasteiger partial charge in [-0.25, -0.2) is 4.98 Å². The molecule has 26 heavy (non-hydrogen) atoms. The molecule has 3 N–H and O–H groups in total. The minimum absolute atomic E-state index is 0. The van der Waals surface area contributed by atoms with E-state index in [2.05, 4.69) is 27.4 Å². The highest BCUT2D eigenvalue weighted by Crippen LogP contribution is 2.28. The Morgan fingerprint density at radius 2 is 1.88 bits per heavy atom. The summed E-state index contributed by atoms with van der Waals surface area (Å²) in [5.74, 6) is 2.01. The van der Waals surface area contributed by atoms with E-state index in [4.69, 9.17) is 4.99 Å². The molecule has 1 aliphatic carbocycles. The van der Waals surface area contributed by atoms with Crippen molar-refractivity contribution in [2.75, 3.05) is 0 Å². The average Bonchev–Trinajstić information content (AvgIpc) is 3.25. The smallest absolute Gasteiger partial charge is 0.138 e. The number of hydrogen-bond acceptors (Lipinski definition) is 4. The zero-order chi connectivity index (χ0) is 16.8. The second kappa shape index (κ2) is 6.65. The molecule has 2 heterocycles. The molecule has 0 unspecified atom stereocenters. The number of aromatic amines is 1. The quantitative estimate of drug-likeness (QED) is 0.639. The van der Waals surface area contributed by atoms with Gasteiger partial charge in [-0.3, -0.25) is 4.99 Å². The lowest BCUT2D eigenvalue weighted by atomic mass is 9.92. The Morgan fingerprint density at radius 3 is 2.73 bits per heavy atom. The van der Waals surface area contributed by atoms with Crippen molar-refractivity contribution in [3.63, 3.8) is 0 Å². The van der Waals surface area contributed by atoms with Gasteiger partial charge in [0.1, 0.15) is 17.4 Å². The highest BCUT2D eigenvalue weighted by Gasteiger charge is 2.31. The Morgan fingerprint density at radius 1 is 1.00 bits per heavy atom. The number of nitrogens with one attached hydrogen (secondary N) is 2. The fraction of sp³-hybridized carbons (Fsp3) is 0.300. The molecule has 6 heteroatoms. The lowest BCUT2D eigenvalue weighted by Gasteiger charge is -2.23. The summed E-state index contributed by atoms with van der Waals surface area (Å²) in [4.78, 5) is 12.9. The van der Waals surface area contributed by atoms with E-state index in [1.54, 1.807) is 12.1 Å². The van der Waals surface area contributed by atoms with Crippen molar-refractivity contribution in [3.8, 4) is 17.1 Å². The summed E-state index contributed by atoms with van der Waals surface area (Å²) in [6.45, 7) is 0. The monoisotopic (exact) mass is 368 g/mol. The van der Waals surface area contributed by atoms with Crippen LogP contribution in [0.15, 0.2) is 47.5 Å². The first-order valence-corrected chi connectivity index (χ1v) is 8.90. The average molecular weight is 369 g/mol. The summed E-state index contributed by atoms with van der Waals surface area (Å²) >= 11 is 0. The maximum absolute atomic E-state index is 9.67. The molecule has 2 atom stereocenters. The van der Waals surface area contributed by atoms with E-state index in [-0.39, 0.29) is 18.2 Å². The van der Waals surface area contributed by atoms with Crippen LogP contribution in [-0.4, -0.2) is 33.0 Å². The molecule has 2 aliphatic rings. The van der Waals surface area contributed by atoms with Crippen LogP contribution in [0.25, 0.3) is 22.4 Å². The number of aromatic nitrogens is 2. The zero-order valence-corrected chi connectivity index (χ0v) is 15.1. The molecule has 1 aliphatic heterocycles. The number of phenolic OH excluding ortho intramolecular Hbond substituents is 1. The van der Waals surface area contributed by atoms with Gasteiger partial charge in [0.2, 0.25) is 0 Å². The second-order valence-corrected chi connectivity index (χ2v) is 6.95. The first-order chi connectivity index (χ1) is 12.3. The van der Waals surface area contributed by atoms with Gasteiger partial charge in [0.05, 0.1) is 17.1 Å². The van der Waals surface area contributed by atoms with Crippen molar-refractivity contribution in [2.24, 2.45) is 4.99 Å².